The lowest BCUT2D eigenvalue weighted by Gasteiger charge is -2.12. The number of amides is 2. The Morgan fingerprint density at radius 3 is 2.33 bits per heavy atom. The number of carbonyl (C=O) groups is 2. The Morgan fingerprint density at radius 2 is 1.61 bits per heavy atom. The van der Waals surface area contributed by atoms with Crippen molar-refractivity contribution in [2.45, 2.75) is 20.3 Å². The van der Waals surface area contributed by atoms with E-state index >= 15 is 0 Å². The summed E-state index contributed by atoms with van der Waals surface area (Å²) in [4.78, 5) is 31.3. The zero-order valence-electron chi connectivity index (χ0n) is 19.6. The van der Waals surface area contributed by atoms with Crippen LogP contribution in [-0.2, 0) is 6.42 Å². The van der Waals surface area contributed by atoms with Crippen molar-refractivity contribution in [1.29, 1.82) is 0 Å². The number of anilines is 2. The number of benzene rings is 2. The fourth-order valence-corrected chi connectivity index (χ4v) is 5.22. The van der Waals surface area contributed by atoms with Gasteiger partial charge in [0.15, 0.2) is 5.65 Å². The molecule has 5 aromatic rings. The smallest absolute Gasteiger partial charge is 0.261 e. The zero-order valence-corrected chi connectivity index (χ0v) is 20.4. The number of nitrogens with zero attached hydrogens (tertiary/aromatic N) is 6. The fourth-order valence-electron chi connectivity index (χ4n) is 4.48. The number of aryl methyl sites for hydroxylation is 2. The molecule has 0 bridgehead atoms. The summed E-state index contributed by atoms with van der Waals surface area (Å²) in [6.07, 6.45) is 0.427. The first-order valence-electron chi connectivity index (χ1n) is 11.5. The molecule has 0 spiro atoms. The van der Waals surface area contributed by atoms with Gasteiger partial charge in [-0.2, -0.15) is 5.10 Å². The number of para-hydroxylation sites is 1. The average molecular weight is 496 g/mol. The summed E-state index contributed by atoms with van der Waals surface area (Å²) < 4.78 is 1.84. The van der Waals surface area contributed by atoms with Crippen molar-refractivity contribution in [3.63, 3.8) is 0 Å². The van der Waals surface area contributed by atoms with Crippen molar-refractivity contribution in [2.75, 3.05) is 11.9 Å². The van der Waals surface area contributed by atoms with Gasteiger partial charge in [-0.3, -0.25) is 14.5 Å². The van der Waals surface area contributed by atoms with E-state index in [0.717, 1.165) is 33.0 Å². The molecule has 10 heteroatoms. The number of imide groups is 1. The monoisotopic (exact) mass is 495 g/mol. The number of pyridine rings is 1. The van der Waals surface area contributed by atoms with E-state index in [1.165, 1.54) is 16.2 Å². The molecule has 1 aliphatic heterocycles. The summed E-state index contributed by atoms with van der Waals surface area (Å²) in [5.74, 6) is 0.105. The Kier molecular flexibility index (Phi) is 5.30. The number of fused-ring (bicyclic) bond motifs is 2. The Labute approximate surface area is 210 Å². The van der Waals surface area contributed by atoms with Gasteiger partial charge in [-0.05, 0) is 49.7 Å². The maximum Gasteiger partial charge on any atom is 0.261 e. The second kappa shape index (κ2) is 8.65. The molecule has 0 atom stereocenters. The van der Waals surface area contributed by atoms with Crippen LogP contribution in [0.3, 0.4) is 0 Å². The van der Waals surface area contributed by atoms with E-state index in [4.69, 9.17) is 10.1 Å². The van der Waals surface area contributed by atoms with Crippen molar-refractivity contribution < 1.29 is 9.59 Å². The van der Waals surface area contributed by atoms with Crippen LogP contribution in [0.5, 0.6) is 0 Å². The van der Waals surface area contributed by atoms with Crippen LogP contribution in [0.2, 0.25) is 0 Å². The molecule has 4 heterocycles. The molecule has 2 amide bonds. The van der Waals surface area contributed by atoms with Crippen molar-refractivity contribution >= 4 is 45.1 Å². The van der Waals surface area contributed by atoms with Crippen LogP contribution in [0.1, 0.15) is 37.0 Å². The summed E-state index contributed by atoms with van der Waals surface area (Å²) in [6, 6.07) is 18.7. The zero-order chi connectivity index (χ0) is 24.8. The second-order valence-electron chi connectivity index (χ2n) is 8.54. The highest BCUT2D eigenvalue weighted by molar-refractivity contribution is 7.15. The van der Waals surface area contributed by atoms with Crippen LogP contribution in [-0.4, -0.2) is 48.2 Å². The van der Waals surface area contributed by atoms with Gasteiger partial charge in [0.1, 0.15) is 10.8 Å². The quantitative estimate of drug-likeness (QED) is 0.346. The third-order valence-electron chi connectivity index (χ3n) is 6.14. The molecule has 6 rings (SSSR count). The molecule has 0 aliphatic carbocycles. The molecule has 1 N–H and O–H groups in total. The lowest BCUT2D eigenvalue weighted by Crippen LogP contribution is -2.31. The molecule has 0 radical (unpaired) electrons. The first-order chi connectivity index (χ1) is 17.5. The van der Waals surface area contributed by atoms with Crippen molar-refractivity contribution in [3.8, 4) is 5.69 Å². The van der Waals surface area contributed by atoms with Gasteiger partial charge in [0.25, 0.3) is 11.8 Å². The van der Waals surface area contributed by atoms with Crippen LogP contribution < -0.4 is 5.32 Å². The molecule has 2 aromatic carbocycles. The summed E-state index contributed by atoms with van der Waals surface area (Å²) >= 11 is 1.37. The van der Waals surface area contributed by atoms with Crippen LogP contribution in [0.4, 0.5) is 10.9 Å². The largest absolute Gasteiger partial charge is 0.315 e. The van der Waals surface area contributed by atoms with Crippen LogP contribution in [0, 0.1) is 13.8 Å². The predicted molar refractivity (Wildman–Crippen MR) is 137 cm³/mol. The normalized spacial score (nSPS) is 13.0. The Bertz CT molecular complexity index is 1610. The highest BCUT2D eigenvalue weighted by atomic mass is 32.1. The first-order valence-corrected chi connectivity index (χ1v) is 12.3. The predicted octanol–water partition coefficient (Wildman–Crippen LogP) is 4.47. The lowest BCUT2D eigenvalue weighted by atomic mass is 10.1. The number of nitrogens with one attached hydrogen (secondary N) is 1. The van der Waals surface area contributed by atoms with Crippen LogP contribution in [0.15, 0.2) is 60.7 Å². The minimum Gasteiger partial charge on any atom is -0.315 e. The summed E-state index contributed by atoms with van der Waals surface area (Å²) in [5, 5.41) is 18.7. The first kappa shape index (κ1) is 22.1. The minimum atomic E-state index is -0.267. The Balaban J connectivity index is 1.21. The number of carbonyl (C=O) groups excluding carboxylic acids is 2. The average Bonchev–Trinajstić information content (AvgIpc) is 3.54. The van der Waals surface area contributed by atoms with Gasteiger partial charge in [0.05, 0.1) is 22.5 Å². The van der Waals surface area contributed by atoms with E-state index < -0.39 is 0 Å². The number of hydrogen-bond donors (Lipinski definition) is 1. The summed E-state index contributed by atoms with van der Waals surface area (Å²) in [7, 11) is 0. The van der Waals surface area contributed by atoms with Gasteiger partial charge in [-0.1, -0.05) is 41.7 Å². The van der Waals surface area contributed by atoms with E-state index in [0.29, 0.717) is 28.5 Å². The van der Waals surface area contributed by atoms with Gasteiger partial charge < -0.3 is 5.32 Å². The standard InChI is InChI=1S/C26H21N7O2S/c1-15-14-20(27-23-22(15)16(2)31-33(23)17-8-4-3-5-9-17)28-26-30-29-21(36-26)12-13-32-24(34)18-10-6-7-11-19(18)25(32)35/h3-11,14H,12-13H2,1-2H3,(H,27,28,30). The van der Waals surface area contributed by atoms with E-state index in [1.54, 1.807) is 24.3 Å². The van der Waals surface area contributed by atoms with Crippen LogP contribution in [0.25, 0.3) is 16.7 Å². The van der Waals surface area contributed by atoms with Crippen molar-refractivity contribution in [3.05, 3.63) is 88.1 Å². The number of aromatic nitrogens is 5. The van der Waals surface area contributed by atoms with E-state index in [-0.39, 0.29) is 18.4 Å². The van der Waals surface area contributed by atoms with Gasteiger partial charge >= 0.3 is 0 Å². The van der Waals surface area contributed by atoms with E-state index in [1.807, 2.05) is 54.9 Å². The van der Waals surface area contributed by atoms with Gasteiger partial charge in [0.2, 0.25) is 5.13 Å². The number of rotatable bonds is 6. The van der Waals surface area contributed by atoms with Gasteiger partial charge in [-0.25, -0.2) is 9.67 Å². The van der Waals surface area contributed by atoms with Gasteiger partial charge in [-0.15, -0.1) is 10.2 Å². The maximum atomic E-state index is 12.6. The molecule has 0 saturated heterocycles. The van der Waals surface area contributed by atoms with E-state index in [2.05, 4.69) is 15.5 Å². The molecule has 1 aliphatic rings. The number of hydrogen-bond acceptors (Lipinski definition) is 8. The molecule has 9 nitrogen and oxygen atoms in total. The van der Waals surface area contributed by atoms with E-state index in [9.17, 15) is 9.59 Å². The highest BCUT2D eigenvalue weighted by Gasteiger charge is 2.34. The van der Waals surface area contributed by atoms with Crippen LogP contribution >= 0.6 is 11.3 Å². The summed E-state index contributed by atoms with van der Waals surface area (Å²) in [5.41, 5.74) is 4.56. The minimum absolute atomic E-state index is 0.250. The van der Waals surface area contributed by atoms with Crippen molar-refractivity contribution in [2.24, 2.45) is 0 Å². The lowest BCUT2D eigenvalue weighted by molar-refractivity contribution is 0.0656. The molecular formula is C26H21N7O2S. The van der Waals surface area contributed by atoms with Crippen molar-refractivity contribution in [1.82, 2.24) is 29.9 Å². The topological polar surface area (TPSA) is 106 Å². The molecule has 3 aromatic heterocycles. The molecule has 0 fully saturated rings. The maximum absolute atomic E-state index is 12.6. The molecule has 36 heavy (non-hydrogen) atoms. The molecule has 178 valence electrons. The fraction of sp³-hybridized carbons (Fsp3) is 0.154. The SMILES string of the molecule is Cc1cc(Nc2nnc(CCN3C(=O)c4ccccc4C3=O)s2)nc2c1c(C)nn2-c1ccccc1. The molecular weight excluding hydrogens is 474 g/mol. The molecule has 0 saturated carbocycles. The summed E-state index contributed by atoms with van der Waals surface area (Å²) in [6.45, 7) is 4.27. The Hall–Kier alpha value is -4.44. The highest BCUT2D eigenvalue weighted by Crippen LogP contribution is 2.28. The molecule has 0 unspecified atom stereocenters. The van der Waals surface area contributed by atoms with Gasteiger partial charge in [0, 0.05) is 18.4 Å². The third-order valence-corrected chi connectivity index (χ3v) is 7.04. The second-order valence-corrected chi connectivity index (χ2v) is 9.60. The third kappa shape index (κ3) is 3.72. The Morgan fingerprint density at radius 1 is 0.917 bits per heavy atom.